The van der Waals surface area contributed by atoms with E-state index in [2.05, 4.69) is 24.5 Å². The Bertz CT molecular complexity index is 441. The zero-order valence-electron chi connectivity index (χ0n) is 11.4. The van der Waals surface area contributed by atoms with Crippen molar-refractivity contribution in [3.63, 3.8) is 0 Å². The third-order valence-electron chi connectivity index (χ3n) is 2.70. The van der Waals surface area contributed by atoms with Gasteiger partial charge in [-0.1, -0.05) is 38.1 Å². The number of carbonyl (C=O) groups is 2. The SMILES string of the molecule is CC(Cl)C(=O)NC(=O)NCc1ccc(C(C)C)cc1. The molecule has 19 heavy (non-hydrogen) atoms. The molecule has 0 aliphatic rings. The first-order chi connectivity index (χ1) is 8.90. The molecular formula is C14H19ClN2O2. The fourth-order valence-electron chi connectivity index (χ4n) is 1.46. The molecule has 0 bridgehead atoms. The smallest absolute Gasteiger partial charge is 0.321 e. The average molecular weight is 283 g/mol. The van der Waals surface area contributed by atoms with Gasteiger partial charge in [-0.25, -0.2) is 4.79 Å². The number of halogens is 1. The van der Waals surface area contributed by atoms with Crippen LogP contribution in [0.3, 0.4) is 0 Å². The lowest BCUT2D eigenvalue weighted by Crippen LogP contribution is -2.41. The van der Waals surface area contributed by atoms with Gasteiger partial charge >= 0.3 is 6.03 Å². The van der Waals surface area contributed by atoms with Crippen LogP contribution in [-0.4, -0.2) is 17.3 Å². The predicted molar refractivity (Wildman–Crippen MR) is 76.2 cm³/mol. The van der Waals surface area contributed by atoms with Gasteiger partial charge in [0, 0.05) is 6.54 Å². The van der Waals surface area contributed by atoms with Gasteiger partial charge in [-0.2, -0.15) is 0 Å². The highest BCUT2D eigenvalue weighted by Crippen LogP contribution is 2.14. The van der Waals surface area contributed by atoms with Crippen LogP contribution >= 0.6 is 11.6 Å². The van der Waals surface area contributed by atoms with E-state index < -0.39 is 17.3 Å². The van der Waals surface area contributed by atoms with Crippen LogP contribution < -0.4 is 10.6 Å². The van der Waals surface area contributed by atoms with Crippen LogP contribution in [0.1, 0.15) is 37.8 Å². The Labute approximate surface area is 118 Å². The van der Waals surface area contributed by atoms with Gasteiger partial charge in [0.25, 0.3) is 0 Å². The van der Waals surface area contributed by atoms with Crippen molar-refractivity contribution in [1.29, 1.82) is 0 Å². The number of hydrogen-bond acceptors (Lipinski definition) is 2. The molecule has 4 nitrogen and oxygen atoms in total. The molecule has 0 radical (unpaired) electrons. The van der Waals surface area contributed by atoms with Crippen molar-refractivity contribution in [2.24, 2.45) is 0 Å². The first kappa shape index (κ1) is 15.5. The van der Waals surface area contributed by atoms with Crippen LogP contribution in [0, 0.1) is 0 Å². The molecule has 0 fully saturated rings. The van der Waals surface area contributed by atoms with Gasteiger partial charge in [-0.3, -0.25) is 10.1 Å². The van der Waals surface area contributed by atoms with Gasteiger partial charge in [-0.05, 0) is 24.0 Å². The summed E-state index contributed by atoms with van der Waals surface area (Å²) in [7, 11) is 0. The molecule has 0 aliphatic carbocycles. The lowest BCUT2D eigenvalue weighted by Gasteiger charge is -2.09. The molecule has 1 aromatic carbocycles. The van der Waals surface area contributed by atoms with Gasteiger partial charge in [0.2, 0.25) is 5.91 Å². The number of imide groups is 1. The fourth-order valence-corrected chi connectivity index (χ4v) is 1.51. The third-order valence-corrected chi connectivity index (χ3v) is 2.90. The van der Waals surface area contributed by atoms with Gasteiger partial charge in [-0.15, -0.1) is 11.6 Å². The molecule has 1 rings (SSSR count). The molecule has 0 spiro atoms. The molecule has 0 saturated heterocycles. The summed E-state index contributed by atoms with van der Waals surface area (Å²) in [5.74, 6) is -0.0255. The van der Waals surface area contributed by atoms with Crippen LogP contribution in [-0.2, 0) is 11.3 Å². The maximum atomic E-state index is 11.4. The number of hydrogen-bond donors (Lipinski definition) is 2. The van der Waals surface area contributed by atoms with Crippen LogP contribution in [0.25, 0.3) is 0 Å². The Hall–Kier alpha value is -1.55. The van der Waals surface area contributed by atoms with E-state index in [0.29, 0.717) is 12.5 Å². The molecule has 5 heteroatoms. The maximum absolute atomic E-state index is 11.4. The monoisotopic (exact) mass is 282 g/mol. The zero-order valence-corrected chi connectivity index (χ0v) is 12.1. The van der Waals surface area contributed by atoms with Crippen molar-refractivity contribution in [2.75, 3.05) is 0 Å². The van der Waals surface area contributed by atoms with Gasteiger partial charge < -0.3 is 5.32 Å². The second-order valence-electron chi connectivity index (χ2n) is 4.68. The van der Waals surface area contributed by atoms with Crippen molar-refractivity contribution < 1.29 is 9.59 Å². The summed E-state index contributed by atoms with van der Waals surface area (Å²) in [5.41, 5.74) is 2.23. The molecule has 2 N–H and O–H groups in total. The van der Waals surface area contributed by atoms with E-state index in [0.717, 1.165) is 5.56 Å². The lowest BCUT2D eigenvalue weighted by atomic mass is 10.0. The zero-order chi connectivity index (χ0) is 14.4. The van der Waals surface area contributed by atoms with E-state index in [1.54, 1.807) is 0 Å². The van der Waals surface area contributed by atoms with E-state index in [1.165, 1.54) is 12.5 Å². The number of amides is 3. The number of benzene rings is 1. The molecule has 3 amide bonds. The Morgan fingerprint density at radius 2 is 1.74 bits per heavy atom. The van der Waals surface area contributed by atoms with E-state index in [9.17, 15) is 9.59 Å². The summed E-state index contributed by atoms with van der Waals surface area (Å²) in [6.45, 7) is 6.13. The molecule has 1 aromatic rings. The quantitative estimate of drug-likeness (QED) is 0.834. The first-order valence-electron chi connectivity index (χ1n) is 6.21. The van der Waals surface area contributed by atoms with Crippen molar-refractivity contribution in [2.45, 2.75) is 38.6 Å². The number of nitrogens with one attached hydrogen (secondary N) is 2. The van der Waals surface area contributed by atoms with E-state index in [-0.39, 0.29) is 0 Å². The molecule has 0 heterocycles. The predicted octanol–water partition coefficient (Wildman–Crippen LogP) is 2.76. The second kappa shape index (κ2) is 7.14. The molecule has 104 valence electrons. The second-order valence-corrected chi connectivity index (χ2v) is 5.34. The minimum atomic E-state index is -0.726. The summed E-state index contributed by atoms with van der Waals surface area (Å²) in [6, 6.07) is 7.45. The van der Waals surface area contributed by atoms with E-state index in [4.69, 9.17) is 11.6 Å². The molecule has 1 unspecified atom stereocenters. The Morgan fingerprint density at radius 3 is 2.21 bits per heavy atom. The number of rotatable bonds is 4. The Morgan fingerprint density at radius 1 is 1.16 bits per heavy atom. The van der Waals surface area contributed by atoms with Crippen molar-refractivity contribution >= 4 is 23.5 Å². The third kappa shape index (κ3) is 5.30. The highest BCUT2D eigenvalue weighted by Gasteiger charge is 2.12. The van der Waals surface area contributed by atoms with Crippen LogP contribution in [0.4, 0.5) is 4.79 Å². The summed E-state index contributed by atoms with van der Waals surface area (Å²) in [6.07, 6.45) is 0. The summed E-state index contributed by atoms with van der Waals surface area (Å²) < 4.78 is 0. The standard InChI is InChI=1S/C14H19ClN2O2/c1-9(2)12-6-4-11(5-7-12)8-16-14(19)17-13(18)10(3)15/h4-7,9-10H,8H2,1-3H3,(H2,16,17,18,19). The van der Waals surface area contributed by atoms with Gasteiger partial charge in [0.15, 0.2) is 0 Å². The lowest BCUT2D eigenvalue weighted by molar-refractivity contribution is -0.119. The van der Waals surface area contributed by atoms with E-state index in [1.807, 2.05) is 24.3 Å². The molecule has 1 atom stereocenters. The van der Waals surface area contributed by atoms with Gasteiger partial charge in [0.1, 0.15) is 5.38 Å². The highest BCUT2D eigenvalue weighted by molar-refractivity contribution is 6.31. The fraction of sp³-hybridized carbons (Fsp3) is 0.429. The first-order valence-corrected chi connectivity index (χ1v) is 6.65. The van der Waals surface area contributed by atoms with Crippen LogP contribution in [0.5, 0.6) is 0 Å². The summed E-state index contributed by atoms with van der Waals surface area (Å²) in [4.78, 5) is 22.6. The maximum Gasteiger partial charge on any atom is 0.321 e. The minimum absolute atomic E-state index is 0.369. The van der Waals surface area contributed by atoms with Crippen LogP contribution in [0.2, 0.25) is 0 Å². The number of carbonyl (C=O) groups excluding carboxylic acids is 2. The van der Waals surface area contributed by atoms with Crippen molar-refractivity contribution in [1.82, 2.24) is 10.6 Å². The molecule has 0 saturated carbocycles. The number of urea groups is 1. The number of alkyl halides is 1. The van der Waals surface area contributed by atoms with Crippen molar-refractivity contribution in [3.8, 4) is 0 Å². The van der Waals surface area contributed by atoms with Crippen LogP contribution in [0.15, 0.2) is 24.3 Å². The highest BCUT2D eigenvalue weighted by atomic mass is 35.5. The molecular weight excluding hydrogens is 264 g/mol. The van der Waals surface area contributed by atoms with Gasteiger partial charge in [0.05, 0.1) is 0 Å². The largest absolute Gasteiger partial charge is 0.334 e. The van der Waals surface area contributed by atoms with Crippen molar-refractivity contribution in [3.05, 3.63) is 35.4 Å². The average Bonchev–Trinajstić information content (AvgIpc) is 2.36. The summed E-state index contributed by atoms with van der Waals surface area (Å²) in [5, 5.41) is 4.04. The Kier molecular flexibility index (Phi) is 5.83. The minimum Gasteiger partial charge on any atom is -0.334 e. The Balaban J connectivity index is 2.44. The normalized spacial score (nSPS) is 12.1. The topological polar surface area (TPSA) is 58.2 Å². The summed E-state index contributed by atoms with van der Waals surface area (Å²) >= 11 is 5.54. The molecule has 0 aliphatic heterocycles. The molecule has 0 aromatic heterocycles. The van der Waals surface area contributed by atoms with E-state index >= 15 is 0 Å².